The van der Waals surface area contributed by atoms with Gasteiger partial charge in [-0.05, 0) is 30.3 Å². The summed E-state index contributed by atoms with van der Waals surface area (Å²) in [6.45, 7) is 0. The fraction of sp³-hybridized carbons (Fsp3) is 0. The molecule has 3 rings (SSSR count). The highest BCUT2D eigenvalue weighted by Crippen LogP contribution is 2.30. The molecule has 0 fully saturated rings. The second-order valence-corrected chi connectivity index (χ2v) is 5.40. The third kappa shape index (κ3) is 2.80. The molecule has 3 nitrogen and oxygen atoms in total. The van der Waals surface area contributed by atoms with E-state index in [2.05, 4.69) is 16.0 Å². The number of rotatable bonds is 2. The lowest BCUT2D eigenvalue weighted by Crippen LogP contribution is -1.96. The quantitative estimate of drug-likeness (QED) is 0.666. The second-order valence-electron chi connectivity index (χ2n) is 4.55. The van der Waals surface area contributed by atoms with Crippen molar-refractivity contribution in [3.63, 3.8) is 0 Å². The van der Waals surface area contributed by atoms with Gasteiger partial charge in [0.25, 0.3) is 0 Å². The highest BCUT2D eigenvalue weighted by Gasteiger charge is 2.13. The van der Waals surface area contributed by atoms with Gasteiger partial charge in [-0.2, -0.15) is 5.26 Å². The number of nitrogens with zero attached hydrogens (tertiary/aromatic N) is 3. The Morgan fingerprint density at radius 3 is 2.36 bits per heavy atom. The van der Waals surface area contributed by atoms with Gasteiger partial charge in [0, 0.05) is 22.3 Å². The molecule has 0 saturated heterocycles. The molecule has 106 valence electrons. The van der Waals surface area contributed by atoms with E-state index in [0.717, 1.165) is 5.56 Å². The van der Waals surface area contributed by atoms with Gasteiger partial charge < -0.3 is 0 Å². The lowest BCUT2D eigenvalue weighted by Gasteiger charge is -2.08. The number of nitriles is 1. The van der Waals surface area contributed by atoms with E-state index in [1.165, 1.54) is 6.20 Å². The summed E-state index contributed by atoms with van der Waals surface area (Å²) < 4.78 is 0. The number of aromatic nitrogens is 2. The molecule has 22 heavy (non-hydrogen) atoms. The molecule has 0 N–H and O–H groups in total. The smallest absolute Gasteiger partial charge is 0.159 e. The van der Waals surface area contributed by atoms with Crippen molar-refractivity contribution in [2.45, 2.75) is 0 Å². The van der Waals surface area contributed by atoms with Gasteiger partial charge in [-0.25, -0.2) is 9.97 Å². The third-order valence-corrected chi connectivity index (χ3v) is 3.72. The van der Waals surface area contributed by atoms with Crippen molar-refractivity contribution in [2.75, 3.05) is 0 Å². The normalized spacial score (nSPS) is 10.2. The van der Waals surface area contributed by atoms with Gasteiger partial charge in [0.2, 0.25) is 0 Å². The summed E-state index contributed by atoms with van der Waals surface area (Å²) in [5, 5.41) is 10.5. The summed E-state index contributed by atoms with van der Waals surface area (Å²) in [7, 11) is 0. The zero-order valence-electron chi connectivity index (χ0n) is 11.3. The maximum Gasteiger partial charge on any atom is 0.159 e. The topological polar surface area (TPSA) is 49.6 Å². The summed E-state index contributed by atoms with van der Waals surface area (Å²) in [4.78, 5) is 8.76. The number of benzene rings is 2. The van der Waals surface area contributed by atoms with Crippen molar-refractivity contribution in [3.05, 3.63) is 70.3 Å². The van der Waals surface area contributed by atoms with Crippen LogP contribution in [0.1, 0.15) is 5.56 Å². The van der Waals surface area contributed by atoms with Gasteiger partial charge in [0.15, 0.2) is 5.82 Å². The fourth-order valence-corrected chi connectivity index (χ4v) is 2.41. The average Bonchev–Trinajstić information content (AvgIpc) is 2.55. The molecule has 0 atom stereocenters. The molecule has 5 heteroatoms. The van der Waals surface area contributed by atoms with Gasteiger partial charge >= 0.3 is 0 Å². The zero-order valence-corrected chi connectivity index (χ0v) is 12.8. The molecular weight excluding hydrogens is 317 g/mol. The van der Waals surface area contributed by atoms with Crippen LogP contribution in [-0.2, 0) is 0 Å². The predicted octanol–water partition coefficient (Wildman–Crippen LogP) is 4.99. The van der Waals surface area contributed by atoms with Crippen molar-refractivity contribution in [3.8, 4) is 28.7 Å². The van der Waals surface area contributed by atoms with Crippen molar-refractivity contribution in [1.29, 1.82) is 5.26 Å². The monoisotopic (exact) mass is 325 g/mol. The molecule has 0 saturated carbocycles. The van der Waals surface area contributed by atoms with Crippen LogP contribution in [0, 0.1) is 11.3 Å². The van der Waals surface area contributed by atoms with E-state index in [1.54, 1.807) is 18.2 Å². The summed E-state index contributed by atoms with van der Waals surface area (Å²) in [6.07, 6.45) is 1.51. The lowest BCUT2D eigenvalue weighted by molar-refractivity contribution is 1.16. The fourth-order valence-electron chi connectivity index (χ4n) is 2.06. The molecule has 0 bridgehead atoms. The summed E-state index contributed by atoms with van der Waals surface area (Å²) >= 11 is 12.1. The molecule has 1 aromatic heterocycles. The van der Waals surface area contributed by atoms with E-state index in [9.17, 15) is 5.26 Å². The third-order valence-electron chi connectivity index (χ3n) is 3.14. The van der Waals surface area contributed by atoms with Crippen LogP contribution >= 0.6 is 23.2 Å². The molecule has 0 spiro atoms. The molecular formula is C17H9Cl2N3. The molecule has 0 unspecified atom stereocenters. The van der Waals surface area contributed by atoms with Crippen molar-refractivity contribution < 1.29 is 0 Å². The van der Waals surface area contributed by atoms with Crippen LogP contribution < -0.4 is 0 Å². The van der Waals surface area contributed by atoms with E-state index in [-0.39, 0.29) is 0 Å². The van der Waals surface area contributed by atoms with Gasteiger partial charge in [-0.3, -0.25) is 0 Å². The standard InChI is InChI=1S/C17H9Cl2N3/c18-13-7-5-11(6-8-13)17-21-10-12(9-20)16(22-17)14-3-1-2-4-15(14)19/h1-8,10H. The number of hydrogen-bond acceptors (Lipinski definition) is 3. The van der Waals surface area contributed by atoms with Crippen LogP contribution in [0.15, 0.2) is 54.7 Å². The predicted molar refractivity (Wildman–Crippen MR) is 87.6 cm³/mol. The highest BCUT2D eigenvalue weighted by atomic mass is 35.5. The first-order valence-corrected chi connectivity index (χ1v) is 7.22. The Labute approximate surface area is 137 Å². The summed E-state index contributed by atoms with van der Waals surface area (Å²) in [5.41, 5.74) is 2.43. The van der Waals surface area contributed by atoms with Crippen LogP contribution in [0.4, 0.5) is 0 Å². The second kappa shape index (κ2) is 6.15. The Kier molecular flexibility index (Phi) is 4.06. The summed E-state index contributed by atoms with van der Waals surface area (Å²) in [6, 6.07) is 16.6. The first-order chi connectivity index (χ1) is 10.7. The minimum Gasteiger partial charge on any atom is -0.235 e. The van der Waals surface area contributed by atoms with Gasteiger partial charge in [-0.1, -0.05) is 41.4 Å². The Balaban J connectivity index is 2.18. The van der Waals surface area contributed by atoms with Crippen LogP contribution in [0.2, 0.25) is 10.0 Å². The SMILES string of the molecule is N#Cc1cnc(-c2ccc(Cl)cc2)nc1-c1ccccc1Cl. The largest absolute Gasteiger partial charge is 0.235 e. The Morgan fingerprint density at radius 1 is 0.955 bits per heavy atom. The van der Waals surface area contributed by atoms with Crippen LogP contribution in [0.25, 0.3) is 22.6 Å². The molecule has 0 aliphatic heterocycles. The Morgan fingerprint density at radius 2 is 1.68 bits per heavy atom. The van der Waals surface area contributed by atoms with Gasteiger partial charge in [0.05, 0.1) is 16.3 Å². The number of hydrogen-bond donors (Lipinski definition) is 0. The first-order valence-electron chi connectivity index (χ1n) is 6.47. The highest BCUT2D eigenvalue weighted by molar-refractivity contribution is 6.33. The maximum atomic E-state index is 9.28. The molecule has 3 aromatic rings. The summed E-state index contributed by atoms with van der Waals surface area (Å²) in [5.74, 6) is 0.519. The van der Waals surface area contributed by atoms with Gasteiger partial charge in [0.1, 0.15) is 6.07 Å². The molecule has 0 aliphatic rings. The lowest BCUT2D eigenvalue weighted by atomic mass is 10.1. The van der Waals surface area contributed by atoms with Crippen molar-refractivity contribution >= 4 is 23.2 Å². The Hall–Kier alpha value is -2.41. The minimum atomic E-state index is 0.380. The zero-order chi connectivity index (χ0) is 15.5. The molecule has 0 radical (unpaired) electrons. The van der Waals surface area contributed by atoms with Crippen molar-refractivity contribution in [1.82, 2.24) is 9.97 Å². The molecule has 0 aliphatic carbocycles. The Bertz CT molecular complexity index is 868. The number of halogens is 2. The molecule has 0 amide bonds. The van der Waals surface area contributed by atoms with E-state index in [0.29, 0.717) is 32.7 Å². The van der Waals surface area contributed by atoms with Gasteiger partial charge in [-0.15, -0.1) is 0 Å². The molecule has 2 aromatic carbocycles. The molecule has 1 heterocycles. The maximum absolute atomic E-state index is 9.28. The van der Waals surface area contributed by atoms with Crippen LogP contribution in [0.5, 0.6) is 0 Å². The van der Waals surface area contributed by atoms with E-state index in [4.69, 9.17) is 23.2 Å². The van der Waals surface area contributed by atoms with E-state index in [1.807, 2.05) is 30.3 Å². The minimum absolute atomic E-state index is 0.380. The van der Waals surface area contributed by atoms with Crippen LogP contribution in [-0.4, -0.2) is 9.97 Å². The average molecular weight is 326 g/mol. The van der Waals surface area contributed by atoms with E-state index < -0.39 is 0 Å². The van der Waals surface area contributed by atoms with Crippen LogP contribution in [0.3, 0.4) is 0 Å². The first kappa shape index (κ1) is 14.5. The van der Waals surface area contributed by atoms with E-state index >= 15 is 0 Å². The van der Waals surface area contributed by atoms with Crippen molar-refractivity contribution in [2.24, 2.45) is 0 Å².